The van der Waals surface area contributed by atoms with Crippen LogP contribution in [0.25, 0.3) is 10.6 Å². The zero-order chi connectivity index (χ0) is 21.9. The van der Waals surface area contributed by atoms with Crippen LogP contribution in [-0.2, 0) is 4.79 Å². The number of nitrogens with zero attached hydrogens (tertiary/aromatic N) is 1. The smallest absolute Gasteiger partial charge is 0.406 e. The summed E-state index contributed by atoms with van der Waals surface area (Å²) < 4.78 is 40.7. The van der Waals surface area contributed by atoms with Crippen molar-refractivity contribution in [1.29, 1.82) is 0 Å². The van der Waals surface area contributed by atoms with Crippen LogP contribution in [0.3, 0.4) is 0 Å². The fourth-order valence-corrected chi connectivity index (χ4v) is 3.56. The number of nitrogens with one attached hydrogen (secondary N) is 2. The third kappa shape index (κ3) is 5.57. The molecule has 156 valence electrons. The Morgan fingerprint density at radius 2 is 1.67 bits per heavy atom. The van der Waals surface area contributed by atoms with Crippen LogP contribution < -0.4 is 15.4 Å². The minimum Gasteiger partial charge on any atom is -0.406 e. The second-order valence-corrected chi connectivity index (χ2v) is 7.22. The van der Waals surface area contributed by atoms with E-state index in [0.29, 0.717) is 32.5 Å². The second kappa shape index (κ2) is 8.54. The van der Waals surface area contributed by atoms with Gasteiger partial charge in [-0.05, 0) is 49.4 Å². The molecule has 3 rings (SSSR count). The molecule has 0 spiro atoms. The lowest BCUT2D eigenvalue weighted by molar-refractivity contribution is -0.274. The van der Waals surface area contributed by atoms with Crippen molar-refractivity contribution >= 4 is 34.5 Å². The van der Waals surface area contributed by atoms with E-state index in [-0.39, 0.29) is 17.6 Å². The molecule has 0 aliphatic carbocycles. The fraction of sp³-hybridized carbons (Fsp3) is 0.150. The molecular weight excluding hydrogens is 419 g/mol. The molecule has 0 bridgehead atoms. The van der Waals surface area contributed by atoms with E-state index in [1.807, 2.05) is 0 Å². The van der Waals surface area contributed by atoms with Gasteiger partial charge in [-0.25, -0.2) is 4.98 Å². The van der Waals surface area contributed by atoms with Gasteiger partial charge < -0.3 is 15.4 Å². The van der Waals surface area contributed by atoms with Crippen molar-refractivity contribution in [2.75, 3.05) is 10.6 Å². The predicted octanol–water partition coefficient (Wildman–Crippen LogP) is 5.23. The van der Waals surface area contributed by atoms with Gasteiger partial charge in [0.1, 0.15) is 15.6 Å². The van der Waals surface area contributed by atoms with E-state index in [1.54, 1.807) is 31.2 Å². The highest BCUT2D eigenvalue weighted by Gasteiger charge is 2.31. The van der Waals surface area contributed by atoms with Crippen molar-refractivity contribution in [3.05, 3.63) is 59.1 Å². The first kappa shape index (κ1) is 21.3. The zero-order valence-electron chi connectivity index (χ0n) is 15.8. The van der Waals surface area contributed by atoms with Gasteiger partial charge in [0.15, 0.2) is 0 Å². The van der Waals surface area contributed by atoms with Crippen LogP contribution in [0.5, 0.6) is 5.75 Å². The van der Waals surface area contributed by atoms with Crippen LogP contribution in [0.1, 0.15) is 22.3 Å². The van der Waals surface area contributed by atoms with Gasteiger partial charge in [0.2, 0.25) is 5.91 Å². The maximum Gasteiger partial charge on any atom is 0.573 e. The number of amides is 2. The number of alkyl halides is 3. The molecule has 0 unspecified atom stereocenters. The lowest BCUT2D eigenvalue weighted by atomic mass is 10.2. The summed E-state index contributed by atoms with van der Waals surface area (Å²) in [6.07, 6.45) is -4.76. The summed E-state index contributed by atoms with van der Waals surface area (Å²) in [5.41, 5.74) is 2.09. The predicted molar refractivity (Wildman–Crippen MR) is 108 cm³/mol. The Bertz CT molecular complexity index is 1080. The molecule has 0 aliphatic rings. The SMILES string of the molecule is CC(=O)Nc1cccc(NC(=O)c2sc(-c3ccc(OC(F)(F)F)cc3)nc2C)c1. The number of ether oxygens (including phenoxy) is 1. The number of aryl methyl sites for hydroxylation is 1. The first-order valence-corrected chi connectivity index (χ1v) is 9.45. The number of rotatable bonds is 5. The molecule has 6 nitrogen and oxygen atoms in total. The number of anilines is 2. The second-order valence-electron chi connectivity index (χ2n) is 6.22. The van der Waals surface area contributed by atoms with Crippen LogP contribution in [0, 0.1) is 6.92 Å². The number of carbonyl (C=O) groups excluding carboxylic acids is 2. The number of hydrogen-bond donors (Lipinski definition) is 2. The van der Waals surface area contributed by atoms with E-state index >= 15 is 0 Å². The van der Waals surface area contributed by atoms with Gasteiger partial charge in [0.25, 0.3) is 5.91 Å². The monoisotopic (exact) mass is 435 g/mol. The molecule has 0 radical (unpaired) electrons. The highest BCUT2D eigenvalue weighted by atomic mass is 32.1. The third-order valence-corrected chi connectivity index (χ3v) is 4.98. The molecule has 10 heteroatoms. The summed E-state index contributed by atoms with van der Waals surface area (Å²) in [6, 6.07) is 11.9. The lowest BCUT2D eigenvalue weighted by Gasteiger charge is -2.08. The van der Waals surface area contributed by atoms with Crippen molar-refractivity contribution < 1.29 is 27.5 Å². The number of carbonyl (C=O) groups is 2. The average Bonchev–Trinajstić information content (AvgIpc) is 3.02. The summed E-state index contributed by atoms with van der Waals surface area (Å²) in [4.78, 5) is 28.5. The maximum atomic E-state index is 12.7. The van der Waals surface area contributed by atoms with Crippen molar-refractivity contribution in [3.8, 4) is 16.3 Å². The molecule has 1 aromatic heterocycles. The topological polar surface area (TPSA) is 80.3 Å². The molecule has 0 aliphatic heterocycles. The van der Waals surface area contributed by atoms with Gasteiger partial charge in [0.05, 0.1) is 5.69 Å². The summed E-state index contributed by atoms with van der Waals surface area (Å²) in [6.45, 7) is 3.05. The standard InChI is InChI=1S/C20H16F3N3O3S/c1-11-17(18(28)26-15-5-3-4-14(10-15)25-12(2)27)30-19(24-11)13-6-8-16(9-7-13)29-20(21,22)23/h3-10H,1-2H3,(H,25,27)(H,26,28). The summed E-state index contributed by atoms with van der Waals surface area (Å²) in [5, 5.41) is 5.87. The first-order chi connectivity index (χ1) is 14.1. The summed E-state index contributed by atoms with van der Waals surface area (Å²) in [7, 11) is 0. The van der Waals surface area contributed by atoms with Crippen LogP contribution in [0.4, 0.5) is 24.5 Å². The van der Waals surface area contributed by atoms with Gasteiger partial charge in [-0.2, -0.15) is 0 Å². The van der Waals surface area contributed by atoms with Crippen LogP contribution in [0.15, 0.2) is 48.5 Å². The third-order valence-electron chi connectivity index (χ3n) is 3.78. The Labute approximate surface area is 173 Å². The number of thiazole rings is 1. The van der Waals surface area contributed by atoms with Crippen molar-refractivity contribution in [2.45, 2.75) is 20.2 Å². The van der Waals surface area contributed by atoms with Gasteiger partial charge in [-0.3, -0.25) is 9.59 Å². The Balaban J connectivity index is 1.76. The molecule has 0 fully saturated rings. The molecule has 2 aromatic carbocycles. The fourth-order valence-electron chi connectivity index (χ4n) is 2.60. The highest BCUT2D eigenvalue weighted by molar-refractivity contribution is 7.17. The van der Waals surface area contributed by atoms with Gasteiger partial charge >= 0.3 is 6.36 Å². The Kier molecular flexibility index (Phi) is 6.06. The minimum atomic E-state index is -4.76. The molecule has 0 atom stereocenters. The van der Waals surface area contributed by atoms with Crippen LogP contribution >= 0.6 is 11.3 Å². The van der Waals surface area contributed by atoms with E-state index in [1.165, 1.54) is 31.2 Å². The molecule has 1 heterocycles. The van der Waals surface area contributed by atoms with E-state index in [2.05, 4.69) is 20.4 Å². The van der Waals surface area contributed by atoms with Crippen LogP contribution in [0.2, 0.25) is 0 Å². The van der Waals surface area contributed by atoms with Gasteiger partial charge in [-0.1, -0.05) is 6.07 Å². The quantitative estimate of drug-likeness (QED) is 0.575. The Morgan fingerprint density at radius 3 is 2.27 bits per heavy atom. The van der Waals surface area contributed by atoms with E-state index in [4.69, 9.17) is 0 Å². The molecule has 2 amide bonds. The Hall–Kier alpha value is -3.40. The number of hydrogen-bond acceptors (Lipinski definition) is 5. The Morgan fingerprint density at radius 1 is 1.03 bits per heavy atom. The molecular formula is C20H16F3N3O3S. The van der Waals surface area contributed by atoms with Crippen molar-refractivity contribution in [3.63, 3.8) is 0 Å². The lowest BCUT2D eigenvalue weighted by Crippen LogP contribution is -2.16. The average molecular weight is 435 g/mol. The number of benzene rings is 2. The van der Waals surface area contributed by atoms with Gasteiger partial charge in [0, 0.05) is 23.9 Å². The largest absolute Gasteiger partial charge is 0.573 e. The summed E-state index contributed by atoms with van der Waals surface area (Å²) in [5.74, 6) is -0.946. The highest BCUT2D eigenvalue weighted by Crippen LogP contribution is 2.31. The molecule has 2 N–H and O–H groups in total. The van der Waals surface area contributed by atoms with E-state index in [0.717, 1.165) is 11.3 Å². The first-order valence-electron chi connectivity index (χ1n) is 8.63. The van der Waals surface area contributed by atoms with Crippen molar-refractivity contribution in [1.82, 2.24) is 4.98 Å². The van der Waals surface area contributed by atoms with Gasteiger partial charge in [-0.15, -0.1) is 24.5 Å². The van der Waals surface area contributed by atoms with E-state index < -0.39 is 6.36 Å². The molecule has 3 aromatic rings. The maximum absolute atomic E-state index is 12.7. The zero-order valence-corrected chi connectivity index (χ0v) is 16.6. The van der Waals surface area contributed by atoms with Crippen molar-refractivity contribution in [2.24, 2.45) is 0 Å². The molecule has 0 saturated heterocycles. The normalized spacial score (nSPS) is 11.1. The number of aromatic nitrogens is 1. The minimum absolute atomic E-state index is 0.229. The molecule has 0 saturated carbocycles. The van der Waals surface area contributed by atoms with Crippen LogP contribution in [-0.4, -0.2) is 23.2 Å². The summed E-state index contributed by atoms with van der Waals surface area (Å²) >= 11 is 1.12. The molecule has 30 heavy (non-hydrogen) atoms. The van der Waals surface area contributed by atoms with E-state index in [9.17, 15) is 22.8 Å². The number of halogens is 3.